The van der Waals surface area contributed by atoms with E-state index in [1.807, 2.05) is 0 Å². The van der Waals surface area contributed by atoms with E-state index in [0.29, 0.717) is 24.5 Å². The molecule has 0 spiro atoms. The first-order valence-corrected chi connectivity index (χ1v) is 5.55. The van der Waals surface area contributed by atoms with E-state index in [0.717, 1.165) is 0 Å². The number of ether oxygens (including phenoxy) is 2. The maximum atomic E-state index is 11.7. The second-order valence-electron chi connectivity index (χ2n) is 3.99. The van der Waals surface area contributed by atoms with Crippen LogP contribution >= 0.6 is 0 Å². The zero-order chi connectivity index (χ0) is 13.0. The van der Waals surface area contributed by atoms with Gasteiger partial charge < -0.3 is 20.5 Å². The minimum Gasteiger partial charge on any atom is -0.484 e. The Morgan fingerprint density at radius 3 is 2.50 bits per heavy atom. The summed E-state index contributed by atoms with van der Waals surface area (Å²) >= 11 is 0. The molecular formula is C12H14N2O4. The molecule has 1 aromatic rings. The van der Waals surface area contributed by atoms with Crippen molar-refractivity contribution in [3.63, 3.8) is 0 Å². The van der Waals surface area contributed by atoms with Gasteiger partial charge in [0.1, 0.15) is 5.75 Å². The Hall–Kier alpha value is -2.08. The van der Waals surface area contributed by atoms with Gasteiger partial charge in [0.25, 0.3) is 11.8 Å². The number of benzene rings is 1. The van der Waals surface area contributed by atoms with Crippen LogP contribution in [0.15, 0.2) is 24.3 Å². The Morgan fingerprint density at radius 1 is 1.33 bits per heavy atom. The van der Waals surface area contributed by atoms with Crippen LogP contribution in [-0.2, 0) is 9.53 Å². The molecule has 1 aliphatic heterocycles. The van der Waals surface area contributed by atoms with Crippen molar-refractivity contribution in [2.24, 2.45) is 5.73 Å². The molecule has 0 aromatic heterocycles. The fraction of sp³-hybridized carbons (Fsp3) is 0.333. The van der Waals surface area contributed by atoms with Crippen molar-refractivity contribution in [1.29, 1.82) is 0 Å². The van der Waals surface area contributed by atoms with Crippen LogP contribution in [0.25, 0.3) is 0 Å². The Labute approximate surface area is 104 Å². The third-order valence-corrected chi connectivity index (χ3v) is 2.47. The van der Waals surface area contributed by atoms with Crippen LogP contribution in [0, 0.1) is 0 Å². The molecule has 18 heavy (non-hydrogen) atoms. The van der Waals surface area contributed by atoms with E-state index in [9.17, 15) is 9.59 Å². The summed E-state index contributed by atoms with van der Waals surface area (Å²) in [6.07, 6.45) is 0. The summed E-state index contributed by atoms with van der Waals surface area (Å²) < 4.78 is 10.1. The van der Waals surface area contributed by atoms with E-state index in [1.54, 1.807) is 24.3 Å². The lowest BCUT2D eigenvalue weighted by Crippen LogP contribution is -2.48. The van der Waals surface area contributed by atoms with Crippen molar-refractivity contribution in [2.45, 2.75) is 6.04 Å². The molecule has 0 atom stereocenters. The zero-order valence-electron chi connectivity index (χ0n) is 9.72. The first kappa shape index (κ1) is 12.4. The summed E-state index contributed by atoms with van der Waals surface area (Å²) in [5.74, 6) is -0.191. The lowest BCUT2D eigenvalue weighted by atomic mass is 10.2. The number of hydrogen-bond donors (Lipinski definition) is 2. The normalized spacial score (nSPS) is 14.7. The second kappa shape index (κ2) is 5.50. The first-order valence-electron chi connectivity index (χ1n) is 5.55. The van der Waals surface area contributed by atoms with Crippen LogP contribution in [0.4, 0.5) is 0 Å². The smallest absolute Gasteiger partial charge is 0.255 e. The largest absolute Gasteiger partial charge is 0.484 e. The summed E-state index contributed by atoms with van der Waals surface area (Å²) in [6.45, 7) is 0.946. The highest BCUT2D eigenvalue weighted by atomic mass is 16.5. The van der Waals surface area contributed by atoms with Gasteiger partial charge in [-0.2, -0.15) is 0 Å². The van der Waals surface area contributed by atoms with E-state index in [1.165, 1.54) is 0 Å². The molecule has 0 bridgehead atoms. The van der Waals surface area contributed by atoms with E-state index >= 15 is 0 Å². The topological polar surface area (TPSA) is 90.7 Å². The quantitative estimate of drug-likeness (QED) is 0.749. The van der Waals surface area contributed by atoms with Crippen molar-refractivity contribution >= 4 is 11.8 Å². The predicted molar refractivity (Wildman–Crippen MR) is 63.2 cm³/mol. The van der Waals surface area contributed by atoms with Gasteiger partial charge in [-0.05, 0) is 24.3 Å². The minimum absolute atomic E-state index is 0.100. The van der Waals surface area contributed by atoms with Gasteiger partial charge in [-0.1, -0.05) is 0 Å². The van der Waals surface area contributed by atoms with Crippen LogP contribution in [0.1, 0.15) is 10.4 Å². The van der Waals surface area contributed by atoms with Gasteiger partial charge in [-0.25, -0.2) is 0 Å². The Bertz CT molecular complexity index is 440. The molecule has 2 rings (SSSR count). The summed E-state index contributed by atoms with van der Waals surface area (Å²) in [6, 6.07) is 6.60. The molecule has 1 fully saturated rings. The lowest BCUT2D eigenvalue weighted by Gasteiger charge is -2.26. The molecule has 1 aliphatic rings. The second-order valence-corrected chi connectivity index (χ2v) is 3.99. The zero-order valence-corrected chi connectivity index (χ0v) is 9.72. The molecule has 0 radical (unpaired) electrons. The maximum Gasteiger partial charge on any atom is 0.255 e. The molecular weight excluding hydrogens is 236 g/mol. The molecule has 96 valence electrons. The molecule has 6 heteroatoms. The van der Waals surface area contributed by atoms with Crippen molar-refractivity contribution in [1.82, 2.24) is 5.32 Å². The predicted octanol–water partition coefficient (Wildman–Crippen LogP) is -0.321. The van der Waals surface area contributed by atoms with Crippen LogP contribution in [0.2, 0.25) is 0 Å². The summed E-state index contributed by atoms with van der Waals surface area (Å²) in [4.78, 5) is 22.3. The molecule has 1 heterocycles. The molecule has 2 amide bonds. The van der Waals surface area contributed by atoms with Gasteiger partial charge in [-0.3, -0.25) is 9.59 Å². The number of nitrogens with two attached hydrogens (primary N) is 1. The van der Waals surface area contributed by atoms with Crippen LogP contribution in [0.3, 0.4) is 0 Å². The molecule has 0 unspecified atom stereocenters. The minimum atomic E-state index is -0.540. The number of nitrogens with one attached hydrogen (secondary N) is 1. The number of carbonyl (C=O) groups is 2. The van der Waals surface area contributed by atoms with Gasteiger partial charge >= 0.3 is 0 Å². The van der Waals surface area contributed by atoms with Crippen LogP contribution < -0.4 is 15.8 Å². The number of amides is 2. The maximum absolute atomic E-state index is 11.7. The number of hydrogen-bond acceptors (Lipinski definition) is 4. The number of primary amides is 1. The standard InChI is InChI=1S/C12H14N2O4/c13-11(15)7-18-10-3-1-8(2-4-10)12(16)14-9-5-17-6-9/h1-4,9H,5-7H2,(H2,13,15)(H,14,16). The molecule has 0 saturated carbocycles. The summed E-state index contributed by atoms with van der Waals surface area (Å²) in [5.41, 5.74) is 5.49. The van der Waals surface area contributed by atoms with Gasteiger partial charge in [-0.15, -0.1) is 0 Å². The third-order valence-electron chi connectivity index (χ3n) is 2.47. The molecule has 1 aromatic carbocycles. The van der Waals surface area contributed by atoms with Crippen LogP contribution in [0.5, 0.6) is 5.75 Å². The van der Waals surface area contributed by atoms with Crippen molar-refractivity contribution < 1.29 is 19.1 Å². The molecule has 0 aliphatic carbocycles. The van der Waals surface area contributed by atoms with Gasteiger partial charge in [0, 0.05) is 5.56 Å². The van der Waals surface area contributed by atoms with E-state index in [4.69, 9.17) is 15.2 Å². The van der Waals surface area contributed by atoms with Crippen molar-refractivity contribution in [3.8, 4) is 5.75 Å². The number of carbonyl (C=O) groups excluding carboxylic acids is 2. The Morgan fingerprint density at radius 2 is 2.00 bits per heavy atom. The monoisotopic (exact) mass is 250 g/mol. The summed E-state index contributed by atoms with van der Waals surface area (Å²) in [5, 5.41) is 2.82. The molecule has 3 N–H and O–H groups in total. The van der Waals surface area contributed by atoms with Gasteiger partial charge in [0.15, 0.2) is 6.61 Å². The Kier molecular flexibility index (Phi) is 3.78. The van der Waals surface area contributed by atoms with Crippen molar-refractivity contribution in [3.05, 3.63) is 29.8 Å². The fourth-order valence-electron chi connectivity index (χ4n) is 1.44. The third kappa shape index (κ3) is 3.21. The highest BCUT2D eigenvalue weighted by Gasteiger charge is 2.20. The average Bonchev–Trinajstić information content (AvgIpc) is 2.31. The molecule has 6 nitrogen and oxygen atoms in total. The first-order chi connectivity index (χ1) is 8.65. The SMILES string of the molecule is NC(=O)COc1ccc(C(=O)NC2COC2)cc1. The highest BCUT2D eigenvalue weighted by molar-refractivity contribution is 5.94. The number of rotatable bonds is 5. The van der Waals surface area contributed by atoms with Gasteiger partial charge in [0.05, 0.1) is 19.3 Å². The fourth-order valence-corrected chi connectivity index (χ4v) is 1.44. The highest BCUT2D eigenvalue weighted by Crippen LogP contribution is 2.12. The average molecular weight is 250 g/mol. The lowest BCUT2D eigenvalue weighted by molar-refractivity contribution is -0.119. The molecule has 1 saturated heterocycles. The van der Waals surface area contributed by atoms with E-state index in [2.05, 4.69) is 5.32 Å². The Balaban J connectivity index is 1.89. The van der Waals surface area contributed by atoms with E-state index in [-0.39, 0.29) is 18.6 Å². The summed E-state index contributed by atoms with van der Waals surface area (Å²) in [7, 11) is 0. The van der Waals surface area contributed by atoms with Crippen LogP contribution in [-0.4, -0.2) is 37.7 Å². The van der Waals surface area contributed by atoms with Gasteiger partial charge in [0.2, 0.25) is 0 Å². The van der Waals surface area contributed by atoms with E-state index < -0.39 is 5.91 Å². The van der Waals surface area contributed by atoms with Crippen molar-refractivity contribution in [2.75, 3.05) is 19.8 Å².